The Morgan fingerprint density at radius 2 is 2.04 bits per heavy atom. The zero-order valence-electron chi connectivity index (χ0n) is 12.6. The third kappa shape index (κ3) is 2.88. The number of nitrogens with zero attached hydrogens (tertiary/aromatic N) is 1. The lowest BCUT2D eigenvalue weighted by Gasteiger charge is -2.13. The van der Waals surface area contributed by atoms with Gasteiger partial charge >= 0.3 is 0 Å². The zero-order valence-corrected chi connectivity index (χ0v) is 14.2. The van der Waals surface area contributed by atoms with Crippen molar-refractivity contribution in [1.82, 2.24) is 4.98 Å². The number of thiazole rings is 1. The Morgan fingerprint density at radius 1 is 1.30 bits per heavy atom. The molecule has 2 aromatic carbocycles. The van der Waals surface area contributed by atoms with Gasteiger partial charge in [0.25, 0.3) is 5.91 Å². The molecule has 0 bridgehead atoms. The molecular weight excluding hydrogens is 332 g/mol. The molecule has 0 aliphatic heterocycles. The number of hydrazine groups is 1. The Kier molecular flexibility index (Phi) is 4.21. The smallest absolute Gasteiger partial charge is 0.257 e. The molecule has 5 nitrogen and oxygen atoms in total. The van der Waals surface area contributed by atoms with E-state index < -0.39 is 0 Å². The highest BCUT2D eigenvalue weighted by Crippen LogP contribution is 2.35. The summed E-state index contributed by atoms with van der Waals surface area (Å²) in [4.78, 5) is 16.9. The number of nitrogen functional groups attached to an aromatic ring is 1. The summed E-state index contributed by atoms with van der Waals surface area (Å²) in [6.07, 6.45) is 0. The third-order valence-electron chi connectivity index (χ3n) is 3.60. The summed E-state index contributed by atoms with van der Waals surface area (Å²) >= 11 is 7.54. The summed E-state index contributed by atoms with van der Waals surface area (Å²) in [5, 5.41) is 4.02. The number of carbonyl (C=O) groups excluding carboxylic acids is 1. The van der Waals surface area contributed by atoms with Crippen LogP contribution in [0.4, 0.5) is 10.8 Å². The van der Waals surface area contributed by atoms with E-state index >= 15 is 0 Å². The number of carbonyl (C=O) groups is 1. The Balaban J connectivity index is 2.03. The van der Waals surface area contributed by atoms with Gasteiger partial charge in [-0.05, 0) is 43.2 Å². The van der Waals surface area contributed by atoms with E-state index in [4.69, 9.17) is 17.4 Å². The van der Waals surface area contributed by atoms with Crippen LogP contribution in [0.25, 0.3) is 10.2 Å². The van der Waals surface area contributed by atoms with Crippen molar-refractivity contribution in [2.75, 3.05) is 10.7 Å². The number of halogens is 1. The van der Waals surface area contributed by atoms with Gasteiger partial charge < -0.3 is 5.32 Å². The minimum Gasteiger partial charge on any atom is -0.321 e. The Morgan fingerprint density at radius 3 is 2.74 bits per heavy atom. The summed E-state index contributed by atoms with van der Waals surface area (Å²) < 4.78 is 0.984. The second kappa shape index (κ2) is 6.16. The molecule has 7 heteroatoms. The number of nitrogens with two attached hydrogens (primary N) is 1. The van der Waals surface area contributed by atoms with Crippen molar-refractivity contribution >= 4 is 49.9 Å². The number of anilines is 2. The zero-order chi connectivity index (χ0) is 16.6. The van der Waals surface area contributed by atoms with Crippen LogP contribution >= 0.6 is 22.9 Å². The summed E-state index contributed by atoms with van der Waals surface area (Å²) in [5.74, 6) is 5.19. The van der Waals surface area contributed by atoms with Gasteiger partial charge in [-0.2, -0.15) is 0 Å². The van der Waals surface area contributed by atoms with Crippen molar-refractivity contribution < 1.29 is 4.79 Å². The van der Waals surface area contributed by atoms with Gasteiger partial charge in [-0.1, -0.05) is 35.1 Å². The average Bonchev–Trinajstić information content (AvgIpc) is 2.95. The number of aryl methyl sites for hydroxylation is 2. The first-order chi connectivity index (χ1) is 11.0. The van der Waals surface area contributed by atoms with Crippen LogP contribution in [0.5, 0.6) is 0 Å². The predicted molar refractivity (Wildman–Crippen MR) is 96.3 cm³/mol. The highest BCUT2D eigenvalue weighted by molar-refractivity contribution is 7.22. The normalized spacial score (nSPS) is 10.8. The van der Waals surface area contributed by atoms with E-state index in [-0.39, 0.29) is 5.91 Å². The molecular formula is C16H15ClN4OS. The van der Waals surface area contributed by atoms with E-state index in [1.165, 1.54) is 11.3 Å². The molecule has 0 unspecified atom stereocenters. The van der Waals surface area contributed by atoms with Gasteiger partial charge in [-0.3, -0.25) is 10.2 Å². The van der Waals surface area contributed by atoms with E-state index in [0.717, 1.165) is 27.0 Å². The number of nitrogens with one attached hydrogen (secondary N) is 2. The van der Waals surface area contributed by atoms with Gasteiger partial charge in [0.2, 0.25) is 0 Å². The molecule has 1 aromatic heterocycles. The number of aromatic nitrogens is 1. The number of amides is 1. The summed E-state index contributed by atoms with van der Waals surface area (Å²) in [6.45, 7) is 3.89. The molecule has 0 saturated heterocycles. The second-order valence-electron chi connectivity index (χ2n) is 5.14. The molecule has 118 valence electrons. The van der Waals surface area contributed by atoms with E-state index in [2.05, 4.69) is 15.7 Å². The molecule has 1 amide bonds. The second-order valence-corrected chi connectivity index (χ2v) is 6.55. The topological polar surface area (TPSA) is 80.0 Å². The van der Waals surface area contributed by atoms with E-state index in [1.807, 2.05) is 19.9 Å². The lowest BCUT2D eigenvalue weighted by atomic mass is 10.1. The Bertz CT molecular complexity index is 906. The molecule has 1 heterocycles. The Labute approximate surface area is 142 Å². The van der Waals surface area contributed by atoms with Crippen molar-refractivity contribution in [2.45, 2.75) is 13.8 Å². The molecule has 0 fully saturated rings. The van der Waals surface area contributed by atoms with E-state index in [0.29, 0.717) is 15.7 Å². The van der Waals surface area contributed by atoms with Crippen molar-refractivity contribution in [3.8, 4) is 0 Å². The van der Waals surface area contributed by atoms with Crippen LogP contribution in [-0.2, 0) is 0 Å². The highest BCUT2D eigenvalue weighted by Gasteiger charge is 2.16. The summed E-state index contributed by atoms with van der Waals surface area (Å²) in [5.41, 5.74) is 6.53. The fourth-order valence-corrected chi connectivity index (χ4v) is 3.55. The Hall–Kier alpha value is -2.15. The molecule has 0 spiro atoms. The van der Waals surface area contributed by atoms with Crippen LogP contribution in [0.15, 0.2) is 30.3 Å². The number of fused-ring (bicyclic) bond motifs is 1. The van der Waals surface area contributed by atoms with Gasteiger partial charge in [0.05, 0.1) is 20.8 Å². The summed E-state index contributed by atoms with van der Waals surface area (Å²) in [7, 11) is 0. The first-order valence-electron chi connectivity index (χ1n) is 6.94. The minimum atomic E-state index is -0.233. The van der Waals surface area contributed by atoms with Gasteiger partial charge in [0.1, 0.15) is 0 Å². The molecule has 0 aliphatic rings. The van der Waals surface area contributed by atoms with E-state index in [9.17, 15) is 4.79 Å². The average molecular weight is 347 g/mol. The van der Waals surface area contributed by atoms with Crippen LogP contribution < -0.4 is 16.6 Å². The molecule has 0 saturated carbocycles. The molecule has 0 radical (unpaired) electrons. The molecule has 3 rings (SSSR count). The number of rotatable bonds is 3. The maximum atomic E-state index is 12.5. The lowest BCUT2D eigenvalue weighted by Crippen LogP contribution is -2.14. The molecule has 0 atom stereocenters. The number of benzene rings is 2. The van der Waals surface area contributed by atoms with Crippen molar-refractivity contribution in [3.63, 3.8) is 0 Å². The lowest BCUT2D eigenvalue weighted by molar-refractivity contribution is 0.102. The quantitative estimate of drug-likeness (QED) is 0.492. The molecule has 3 aromatic rings. The SMILES string of the molecule is Cc1cc2nc(NN)sc2c(C)c1NC(=O)c1ccccc1Cl. The van der Waals surface area contributed by atoms with Crippen molar-refractivity contribution in [3.05, 3.63) is 52.0 Å². The molecule has 4 N–H and O–H groups in total. The maximum Gasteiger partial charge on any atom is 0.257 e. The molecule has 0 aliphatic carbocycles. The highest BCUT2D eigenvalue weighted by atomic mass is 35.5. The number of hydrogen-bond donors (Lipinski definition) is 3. The van der Waals surface area contributed by atoms with Gasteiger partial charge in [-0.25, -0.2) is 10.8 Å². The summed E-state index contributed by atoms with van der Waals surface area (Å²) in [6, 6.07) is 8.90. The molecule has 23 heavy (non-hydrogen) atoms. The fraction of sp³-hybridized carbons (Fsp3) is 0.125. The fourth-order valence-electron chi connectivity index (χ4n) is 2.47. The predicted octanol–water partition coefficient (Wildman–Crippen LogP) is 4.10. The van der Waals surface area contributed by atoms with Gasteiger partial charge in [-0.15, -0.1) is 0 Å². The van der Waals surface area contributed by atoms with Gasteiger partial charge in [0, 0.05) is 5.69 Å². The van der Waals surface area contributed by atoms with Crippen LogP contribution in [0.3, 0.4) is 0 Å². The minimum absolute atomic E-state index is 0.233. The standard InChI is InChI=1S/C16H15ClN4OS/c1-8-7-12-14(23-16(19-12)21-18)9(2)13(8)20-15(22)10-5-3-4-6-11(10)17/h3-7H,18H2,1-2H3,(H,19,21)(H,20,22). The van der Waals surface area contributed by atoms with Crippen LogP contribution in [0.2, 0.25) is 5.02 Å². The van der Waals surface area contributed by atoms with Crippen molar-refractivity contribution in [1.29, 1.82) is 0 Å². The van der Waals surface area contributed by atoms with E-state index in [1.54, 1.807) is 24.3 Å². The van der Waals surface area contributed by atoms with Crippen LogP contribution in [-0.4, -0.2) is 10.9 Å². The van der Waals surface area contributed by atoms with Crippen molar-refractivity contribution in [2.24, 2.45) is 5.84 Å². The monoisotopic (exact) mass is 346 g/mol. The first kappa shape index (κ1) is 15.7. The van der Waals surface area contributed by atoms with Crippen LogP contribution in [0, 0.1) is 13.8 Å². The number of hydrogen-bond acceptors (Lipinski definition) is 5. The largest absolute Gasteiger partial charge is 0.321 e. The van der Waals surface area contributed by atoms with Gasteiger partial charge in [0.15, 0.2) is 5.13 Å². The third-order valence-corrected chi connectivity index (χ3v) is 5.05. The first-order valence-corrected chi connectivity index (χ1v) is 8.14. The maximum absolute atomic E-state index is 12.5. The van der Waals surface area contributed by atoms with Crippen LogP contribution in [0.1, 0.15) is 21.5 Å².